The average molecular weight is 297 g/mol. The van der Waals surface area contributed by atoms with Gasteiger partial charge < -0.3 is 14.9 Å². The topological polar surface area (TPSA) is 64.1 Å². The molecular weight excluding hydrogens is 270 g/mol. The molecule has 6 heteroatoms. The maximum absolute atomic E-state index is 12.3. The van der Waals surface area contributed by atoms with Crippen molar-refractivity contribution in [3.05, 3.63) is 0 Å². The molecule has 2 saturated heterocycles. The molecule has 6 nitrogen and oxygen atoms in total. The number of aliphatic carboxylic acids is 1. The lowest BCUT2D eigenvalue weighted by atomic mass is 9.83. The third kappa shape index (κ3) is 3.74. The van der Waals surface area contributed by atoms with Gasteiger partial charge >= 0.3 is 5.97 Å². The maximum atomic E-state index is 12.3. The summed E-state index contributed by atoms with van der Waals surface area (Å²) in [7, 11) is 2.06. The number of carboxylic acid groups (broad SMARTS) is 1. The van der Waals surface area contributed by atoms with Gasteiger partial charge in [0, 0.05) is 32.7 Å². The van der Waals surface area contributed by atoms with Crippen molar-refractivity contribution in [3.63, 3.8) is 0 Å². The molecule has 0 bridgehead atoms. The van der Waals surface area contributed by atoms with E-state index >= 15 is 0 Å². The summed E-state index contributed by atoms with van der Waals surface area (Å²) in [4.78, 5) is 30.0. The fourth-order valence-corrected chi connectivity index (χ4v) is 3.40. The number of hydrogen-bond donors (Lipinski definition) is 1. The summed E-state index contributed by atoms with van der Waals surface area (Å²) < 4.78 is 0. The van der Waals surface area contributed by atoms with Crippen LogP contribution in [-0.2, 0) is 9.59 Å². The van der Waals surface area contributed by atoms with Crippen LogP contribution in [0.1, 0.15) is 26.2 Å². The van der Waals surface area contributed by atoms with Crippen molar-refractivity contribution in [1.82, 2.24) is 14.7 Å². The minimum Gasteiger partial charge on any atom is -0.481 e. The summed E-state index contributed by atoms with van der Waals surface area (Å²) in [5.41, 5.74) is -0.642. The Labute approximate surface area is 126 Å². The van der Waals surface area contributed by atoms with E-state index in [4.69, 9.17) is 0 Å². The first-order valence-corrected chi connectivity index (χ1v) is 7.89. The lowest BCUT2D eigenvalue weighted by molar-refractivity contribution is -0.149. The molecule has 2 rings (SSSR count). The number of nitrogens with zero attached hydrogens (tertiary/aromatic N) is 3. The summed E-state index contributed by atoms with van der Waals surface area (Å²) in [5.74, 6) is -0.570. The second-order valence-corrected chi connectivity index (χ2v) is 6.48. The van der Waals surface area contributed by atoms with Crippen LogP contribution in [0.3, 0.4) is 0 Å². The van der Waals surface area contributed by atoms with Crippen LogP contribution in [0.5, 0.6) is 0 Å². The Morgan fingerprint density at radius 1 is 1.14 bits per heavy atom. The number of likely N-dealkylation sites (tertiary alicyclic amines) is 1. The molecule has 0 aliphatic carbocycles. The molecule has 0 aromatic rings. The van der Waals surface area contributed by atoms with Crippen molar-refractivity contribution >= 4 is 11.9 Å². The summed E-state index contributed by atoms with van der Waals surface area (Å²) in [6, 6.07) is 0. The van der Waals surface area contributed by atoms with Crippen LogP contribution in [0.2, 0.25) is 0 Å². The Balaban J connectivity index is 1.87. The maximum Gasteiger partial charge on any atom is 0.310 e. The van der Waals surface area contributed by atoms with Gasteiger partial charge in [0.15, 0.2) is 0 Å². The molecule has 0 saturated carbocycles. The molecule has 1 unspecified atom stereocenters. The summed E-state index contributed by atoms with van der Waals surface area (Å²) in [6.07, 6.45) is 2.22. The highest BCUT2D eigenvalue weighted by molar-refractivity contribution is 5.79. The standard InChI is InChI=1S/C15H27N3O3/c1-3-4-15(14(20)21)5-6-17(12-15)11-13(19)18-9-7-16(2)8-10-18/h3-12H2,1-2H3,(H,20,21). The monoisotopic (exact) mass is 297 g/mol. The highest BCUT2D eigenvalue weighted by atomic mass is 16.4. The third-order valence-corrected chi connectivity index (χ3v) is 4.83. The Morgan fingerprint density at radius 2 is 1.81 bits per heavy atom. The van der Waals surface area contributed by atoms with Crippen LogP contribution in [-0.4, -0.2) is 84.5 Å². The molecule has 0 aromatic heterocycles. The number of likely N-dealkylation sites (N-methyl/N-ethyl adjacent to an activating group) is 1. The number of amides is 1. The van der Waals surface area contributed by atoms with Crippen LogP contribution < -0.4 is 0 Å². The van der Waals surface area contributed by atoms with E-state index in [2.05, 4.69) is 11.9 Å². The molecule has 1 atom stereocenters. The average Bonchev–Trinajstić information content (AvgIpc) is 2.84. The second-order valence-electron chi connectivity index (χ2n) is 6.48. The van der Waals surface area contributed by atoms with Gasteiger partial charge in [-0.1, -0.05) is 13.3 Å². The zero-order chi connectivity index (χ0) is 15.5. The minimum absolute atomic E-state index is 0.140. The molecule has 1 N–H and O–H groups in total. The first kappa shape index (κ1) is 16.2. The zero-order valence-electron chi connectivity index (χ0n) is 13.2. The van der Waals surface area contributed by atoms with E-state index in [1.165, 1.54) is 0 Å². The van der Waals surface area contributed by atoms with Gasteiger partial charge in [-0.25, -0.2) is 0 Å². The smallest absolute Gasteiger partial charge is 0.310 e. The molecule has 0 radical (unpaired) electrons. The van der Waals surface area contributed by atoms with Crippen molar-refractivity contribution in [2.45, 2.75) is 26.2 Å². The van der Waals surface area contributed by atoms with Crippen LogP contribution in [0, 0.1) is 5.41 Å². The molecule has 120 valence electrons. The Kier molecular flexibility index (Phi) is 5.22. The normalized spacial score (nSPS) is 28.0. The number of piperazine rings is 1. The van der Waals surface area contributed by atoms with E-state index < -0.39 is 11.4 Å². The molecule has 2 heterocycles. The first-order valence-electron chi connectivity index (χ1n) is 7.89. The number of hydrogen-bond acceptors (Lipinski definition) is 4. The predicted molar refractivity (Wildman–Crippen MR) is 80.1 cm³/mol. The Hall–Kier alpha value is -1.14. The van der Waals surface area contributed by atoms with Crippen LogP contribution in [0.4, 0.5) is 0 Å². The Morgan fingerprint density at radius 3 is 2.38 bits per heavy atom. The lowest BCUT2D eigenvalue weighted by Crippen LogP contribution is -2.50. The number of carbonyl (C=O) groups excluding carboxylic acids is 1. The van der Waals surface area contributed by atoms with Gasteiger partial charge in [0.1, 0.15) is 0 Å². The molecule has 0 aromatic carbocycles. The van der Waals surface area contributed by atoms with E-state index in [1.807, 2.05) is 16.7 Å². The minimum atomic E-state index is -0.709. The summed E-state index contributed by atoms with van der Waals surface area (Å²) >= 11 is 0. The number of carboxylic acids is 1. The fourth-order valence-electron chi connectivity index (χ4n) is 3.40. The van der Waals surface area contributed by atoms with Crippen molar-refractivity contribution in [2.75, 3.05) is 52.9 Å². The number of carbonyl (C=O) groups is 2. The molecular formula is C15H27N3O3. The molecule has 0 spiro atoms. The van der Waals surface area contributed by atoms with Crippen molar-refractivity contribution < 1.29 is 14.7 Å². The summed E-state index contributed by atoms with van der Waals surface area (Å²) in [5, 5.41) is 9.50. The van der Waals surface area contributed by atoms with Gasteiger partial charge in [0.05, 0.1) is 12.0 Å². The zero-order valence-corrected chi connectivity index (χ0v) is 13.2. The predicted octanol–water partition coefficient (Wildman–Crippen LogP) is 0.337. The lowest BCUT2D eigenvalue weighted by Gasteiger charge is -2.33. The van der Waals surface area contributed by atoms with Crippen LogP contribution in [0.15, 0.2) is 0 Å². The highest BCUT2D eigenvalue weighted by Gasteiger charge is 2.44. The van der Waals surface area contributed by atoms with Gasteiger partial charge in [-0.05, 0) is 26.4 Å². The molecule has 21 heavy (non-hydrogen) atoms. The van der Waals surface area contributed by atoms with Gasteiger partial charge in [0.2, 0.25) is 5.91 Å². The van der Waals surface area contributed by atoms with Gasteiger partial charge in [-0.2, -0.15) is 0 Å². The van der Waals surface area contributed by atoms with E-state index in [0.29, 0.717) is 32.5 Å². The SMILES string of the molecule is CCCC1(C(=O)O)CCN(CC(=O)N2CCN(C)CC2)C1. The largest absolute Gasteiger partial charge is 0.481 e. The molecule has 2 fully saturated rings. The van der Waals surface area contributed by atoms with Gasteiger partial charge in [-0.15, -0.1) is 0 Å². The number of rotatable bonds is 5. The van der Waals surface area contributed by atoms with Crippen LogP contribution in [0.25, 0.3) is 0 Å². The quantitative estimate of drug-likeness (QED) is 0.792. The van der Waals surface area contributed by atoms with Crippen molar-refractivity contribution in [3.8, 4) is 0 Å². The third-order valence-electron chi connectivity index (χ3n) is 4.83. The molecule has 1 amide bonds. The van der Waals surface area contributed by atoms with E-state index in [1.54, 1.807) is 0 Å². The molecule has 2 aliphatic heterocycles. The van der Waals surface area contributed by atoms with Crippen LogP contribution >= 0.6 is 0 Å². The van der Waals surface area contributed by atoms with E-state index in [-0.39, 0.29) is 5.91 Å². The van der Waals surface area contributed by atoms with Crippen molar-refractivity contribution in [1.29, 1.82) is 0 Å². The van der Waals surface area contributed by atoms with Crippen molar-refractivity contribution in [2.24, 2.45) is 5.41 Å². The second kappa shape index (κ2) is 6.75. The van der Waals surface area contributed by atoms with E-state index in [9.17, 15) is 14.7 Å². The fraction of sp³-hybridized carbons (Fsp3) is 0.867. The molecule has 2 aliphatic rings. The first-order chi connectivity index (χ1) is 9.97. The van der Waals surface area contributed by atoms with E-state index in [0.717, 1.165) is 32.6 Å². The van der Waals surface area contributed by atoms with Gasteiger partial charge in [-0.3, -0.25) is 14.5 Å². The highest BCUT2D eigenvalue weighted by Crippen LogP contribution is 2.35. The van der Waals surface area contributed by atoms with Gasteiger partial charge in [0.25, 0.3) is 0 Å². The summed E-state index contributed by atoms with van der Waals surface area (Å²) in [6.45, 7) is 7.00. The Bertz CT molecular complexity index is 394.